The average Bonchev–Trinajstić information content (AvgIpc) is 2.47. The minimum atomic E-state index is -0.362. The van der Waals surface area contributed by atoms with Crippen molar-refractivity contribution in [2.75, 3.05) is 14.2 Å². The van der Waals surface area contributed by atoms with Crippen molar-refractivity contribution >= 4 is 12.2 Å². The van der Waals surface area contributed by atoms with Crippen molar-refractivity contribution in [2.24, 2.45) is 11.8 Å². The molecular formula is C14H24N2O4. The van der Waals surface area contributed by atoms with Crippen LogP contribution in [0.5, 0.6) is 0 Å². The van der Waals surface area contributed by atoms with E-state index in [0.717, 1.165) is 38.5 Å². The van der Waals surface area contributed by atoms with Gasteiger partial charge in [0.2, 0.25) is 0 Å². The van der Waals surface area contributed by atoms with Gasteiger partial charge in [0, 0.05) is 12.1 Å². The second kappa shape index (κ2) is 6.81. The van der Waals surface area contributed by atoms with E-state index in [2.05, 4.69) is 10.6 Å². The highest BCUT2D eigenvalue weighted by Crippen LogP contribution is 2.40. The summed E-state index contributed by atoms with van der Waals surface area (Å²) in [5.41, 5.74) is 0. The number of carbonyl (C=O) groups excluding carboxylic acids is 2. The van der Waals surface area contributed by atoms with Crippen molar-refractivity contribution in [2.45, 2.75) is 50.6 Å². The van der Waals surface area contributed by atoms with Gasteiger partial charge in [-0.15, -0.1) is 0 Å². The zero-order valence-corrected chi connectivity index (χ0v) is 12.2. The van der Waals surface area contributed by atoms with Crippen LogP contribution < -0.4 is 10.6 Å². The summed E-state index contributed by atoms with van der Waals surface area (Å²) < 4.78 is 9.40. The van der Waals surface area contributed by atoms with Crippen molar-refractivity contribution in [1.29, 1.82) is 0 Å². The van der Waals surface area contributed by atoms with Gasteiger partial charge in [0.1, 0.15) is 0 Å². The molecule has 0 radical (unpaired) electrons. The van der Waals surface area contributed by atoms with E-state index in [1.54, 1.807) is 0 Å². The molecule has 0 aliphatic heterocycles. The lowest BCUT2D eigenvalue weighted by Gasteiger charge is -2.45. The van der Waals surface area contributed by atoms with Crippen LogP contribution in [-0.4, -0.2) is 38.5 Å². The molecule has 114 valence electrons. The van der Waals surface area contributed by atoms with Crippen LogP contribution >= 0.6 is 0 Å². The van der Waals surface area contributed by atoms with Crippen LogP contribution in [0.2, 0.25) is 0 Å². The number of amides is 2. The molecule has 20 heavy (non-hydrogen) atoms. The Kier molecular flexibility index (Phi) is 5.09. The molecule has 6 heteroatoms. The quantitative estimate of drug-likeness (QED) is 0.813. The summed E-state index contributed by atoms with van der Waals surface area (Å²) in [5, 5.41) is 5.90. The van der Waals surface area contributed by atoms with Gasteiger partial charge in [-0.2, -0.15) is 0 Å². The van der Waals surface area contributed by atoms with Gasteiger partial charge in [-0.3, -0.25) is 0 Å². The van der Waals surface area contributed by atoms with E-state index in [9.17, 15) is 9.59 Å². The number of nitrogens with one attached hydrogen (secondary N) is 2. The predicted molar refractivity (Wildman–Crippen MR) is 73.3 cm³/mol. The molecule has 4 unspecified atom stereocenters. The van der Waals surface area contributed by atoms with Gasteiger partial charge in [-0.25, -0.2) is 9.59 Å². The molecule has 2 amide bonds. The first kappa shape index (κ1) is 14.9. The molecule has 0 aromatic heterocycles. The predicted octanol–water partition coefficient (Wildman–Crippen LogP) is 2.04. The first-order chi connectivity index (χ1) is 9.65. The second-order valence-electron chi connectivity index (χ2n) is 5.67. The van der Waals surface area contributed by atoms with E-state index in [0.29, 0.717) is 11.8 Å². The lowest BCUT2D eigenvalue weighted by atomic mass is 9.66. The molecule has 4 atom stereocenters. The highest BCUT2D eigenvalue weighted by molar-refractivity contribution is 5.68. The zero-order chi connectivity index (χ0) is 14.5. The van der Waals surface area contributed by atoms with Gasteiger partial charge in [0.25, 0.3) is 0 Å². The second-order valence-corrected chi connectivity index (χ2v) is 5.67. The standard InChI is InChI=1S/C14H24N2O4/c1-19-13(17)15-11-7-3-6-10-9(11)5-4-8-12(10)16-14(18)20-2/h9-12H,3-8H2,1-2H3,(H,15,17)(H,16,18). The van der Waals surface area contributed by atoms with Crippen molar-refractivity contribution in [3.05, 3.63) is 0 Å². The molecule has 0 saturated heterocycles. The van der Waals surface area contributed by atoms with Gasteiger partial charge in [0.05, 0.1) is 14.2 Å². The molecule has 2 rings (SSSR count). The highest BCUT2D eigenvalue weighted by Gasteiger charge is 2.41. The summed E-state index contributed by atoms with van der Waals surface area (Å²) in [6.07, 6.45) is 5.57. The first-order valence-corrected chi connectivity index (χ1v) is 7.34. The largest absolute Gasteiger partial charge is 0.453 e. The third-order valence-corrected chi connectivity index (χ3v) is 4.67. The van der Waals surface area contributed by atoms with Gasteiger partial charge in [0.15, 0.2) is 0 Å². The zero-order valence-electron chi connectivity index (χ0n) is 12.2. The van der Waals surface area contributed by atoms with Crippen LogP contribution in [0.3, 0.4) is 0 Å². The Morgan fingerprint density at radius 3 is 1.55 bits per heavy atom. The maximum Gasteiger partial charge on any atom is 0.407 e. The number of ether oxygens (including phenoxy) is 2. The lowest BCUT2D eigenvalue weighted by molar-refractivity contribution is 0.0814. The Bertz CT molecular complexity index is 327. The summed E-state index contributed by atoms with van der Waals surface area (Å²) >= 11 is 0. The topological polar surface area (TPSA) is 76.7 Å². The fourth-order valence-electron chi connectivity index (χ4n) is 3.78. The minimum Gasteiger partial charge on any atom is -0.453 e. The van der Waals surface area contributed by atoms with Crippen LogP contribution in [-0.2, 0) is 9.47 Å². The number of rotatable bonds is 2. The molecule has 2 aliphatic rings. The Morgan fingerprint density at radius 1 is 0.800 bits per heavy atom. The summed E-state index contributed by atoms with van der Waals surface area (Å²) in [4.78, 5) is 22.9. The van der Waals surface area contributed by atoms with Crippen LogP contribution in [0.15, 0.2) is 0 Å². The molecular weight excluding hydrogens is 260 g/mol. The van der Waals surface area contributed by atoms with Crippen LogP contribution in [0.1, 0.15) is 38.5 Å². The Morgan fingerprint density at radius 2 is 1.20 bits per heavy atom. The average molecular weight is 284 g/mol. The van der Waals surface area contributed by atoms with Gasteiger partial charge in [-0.1, -0.05) is 12.8 Å². The molecule has 2 N–H and O–H groups in total. The fourth-order valence-corrected chi connectivity index (χ4v) is 3.78. The van der Waals surface area contributed by atoms with E-state index >= 15 is 0 Å². The summed E-state index contributed by atoms with van der Waals surface area (Å²) in [6.45, 7) is 0. The minimum absolute atomic E-state index is 0.156. The van der Waals surface area contributed by atoms with Gasteiger partial charge < -0.3 is 20.1 Å². The molecule has 6 nitrogen and oxygen atoms in total. The lowest BCUT2D eigenvalue weighted by Crippen LogP contribution is -2.53. The number of methoxy groups -OCH3 is 2. The smallest absolute Gasteiger partial charge is 0.407 e. The SMILES string of the molecule is COC(=O)NC1CCCC2C(NC(=O)OC)CCCC12. The molecule has 0 spiro atoms. The Labute approximate surface area is 119 Å². The molecule has 2 saturated carbocycles. The maximum atomic E-state index is 11.4. The van der Waals surface area contributed by atoms with Crippen molar-refractivity contribution < 1.29 is 19.1 Å². The summed E-state index contributed by atoms with van der Waals surface area (Å²) in [5.74, 6) is 0.831. The van der Waals surface area contributed by atoms with Gasteiger partial charge in [-0.05, 0) is 37.5 Å². The van der Waals surface area contributed by atoms with E-state index in [4.69, 9.17) is 9.47 Å². The Hall–Kier alpha value is -1.46. The number of hydrogen-bond donors (Lipinski definition) is 2. The third-order valence-electron chi connectivity index (χ3n) is 4.67. The van der Waals surface area contributed by atoms with Crippen molar-refractivity contribution in [1.82, 2.24) is 10.6 Å². The van der Waals surface area contributed by atoms with Crippen LogP contribution in [0, 0.1) is 11.8 Å². The van der Waals surface area contributed by atoms with E-state index in [-0.39, 0.29) is 24.3 Å². The molecule has 2 fully saturated rings. The van der Waals surface area contributed by atoms with Crippen molar-refractivity contribution in [3.8, 4) is 0 Å². The number of fused-ring (bicyclic) bond motifs is 1. The normalized spacial score (nSPS) is 32.7. The van der Waals surface area contributed by atoms with Crippen LogP contribution in [0.25, 0.3) is 0 Å². The Balaban J connectivity index is 2.01. The molecule has 2 aliphatic carbocycles. The molecule has 0 heterocycles. The van der Waals surface area contributed by atoms with E-state index in [1.807, 2.05) is 0 Å². The summed E-state index contributed by atoms with van der Waals surface area (Å²) in [7, 11) is 2.77. The van der Waals surface area contributed by atoms with Crippen LogP contribution in [0.4, 0.5) is 9.59 Å². The molecule has 0 aromatic carbocycles. The van der Waals surface area contributed by atoms with Crippen molar-refractivity contribution in [3.63, 3.8) is 0 Å². The summed E-state index contributed by atoms with van der Waals surface area (Å²) in [6, 6.07) is 0.312. The molecule has 0 bridgehead atoms. The number of hydrogen-bond acceptors (Lipinski definition) is 4. The fraction of sp³-hybridized carbons (Fsp3) is 0.857. The highest BCUT2D eigenvalue weighted by atomic mass is 16.5. The third kappa shape index (κ3) is 3.35. The maximum absolute atomic E-state index is 11.4. The van der Waals surface area contributed by atoms with Gasteiger partial charge >= 0.3 is 12.2 Å². The monoisotopic (exact) mass is 284 g/mol. The number of carbonyl (C=O) groups is 2. The van der Waals surface area contributed by atoms with E-state index in [1.165, 1.54) is 14.2 Å². The first-order valence-electron chi connectivity index (χ1n) is 7.34. The molecule has 0 aromatic rings. The number of alkyl carbamates (subject to hydrolysis) is 2. The van der Waals surface area contributed by atoms with E-state index < -0.39 is 0 Å².